The molecule has 0 saturated carbocycles. The van der Waals surface area contributed by atoms with Gasteiger partial charge in [-0.05, 0) is 23.8 Å². The van der Waals surface area contributed by atoms with E-state index in [1.54, 1.807) is 6.07 Å². The fraction of sp³-hybridized carbons (Fsp3) is 0.0714. The molecule has 0 aliphatic carbocycles. The average molecular weight is 368 g/mol. The molecule has 3 rings (SSSR count). The van der Waals surface area contributed by atoms with E-state index in [4.69, 9.17) is 0 Å². The van der Waals surface area contributed by atoms with E-state index in [2.05, 4.69) is 22.6 Å². The molecule has 2 aromatic carbocycles. The van der Waals surface area contributed by atoms with Crippen molar-refractivity contribution in [3.05, 3.63) is 52.2 Å². The highest BCUT2D eigenvalue weighted by atomic mass is 127. The van der Waals surface area contributed by atoms with Crippen LogP contribution in [0, 0.1) is 0 Å². The Morgan fingerprint density at radius 3 is 2.72 bits per heavy atom. The van der Waals surface area contributed by atoms with Gasteiger partial charge in [0.1, 0.15) is 5.75 Å². The van der Waals surface area contributed by atoms with Crippen LogP contribution < -0.4 is 5.43 Å². The van der Waals surface area contributed by atoms with Crippen LogP contribution in [0.4, 0.5) is 0 Å². The molecule has 90 valence electrons. The van der Waals surface area contributed by atoms with E-state index in [0.717, 1.165) is 20.1 Å². The van der Waals surface area contributed by atoms with Crippen LogP contribution >= 0.6 is 33.9 Å². The molecule has 0 aliphatic heterocycles. The lowest BCUT2D eigenvalue weighted by Gasteiger charge is -2.06. The summed E-state index contributed by atoms with van der Waals surface area (Å²) >= 11 is 3.71. The largest absolute Gasteiger partial charge is 0.506 e. The molecule has 18 heavy (non-hydrogen) atoms. The highest BCUT2D eigenvalue weighted by Crippen LogP contribution is 2.33. The number of hydrogen-bond acceptors (Lipinski definition) is 3. The van der Waals surface area contributed by atoms with Crippen molar-refractivity contribution in [2.75, 3.05) is 0 Å². The van der Waals surface area contributed by atoms with Crippen molar-refractivity contribution in [2.24, 2.45) is 0 Å². The zero-order valence-electron chi connectivity index (χ0n) is 9.31. The molecule has 0 fully saturated rings. The average Bonchev–Trinajstić information content (AvgIpc) is 2.40. The molecular formula is C14H9IO2S. The van der Waals surface area contributed by atoms with E-state index in [-0.39, 0.29) is 11.2 Å². The quantitative estimate of drug-likeness (QED) is 0.400. The van der Waals surface area contributed by atoms with Crippen molar-refractivity contribution in [2.45, 2.75) is 4.43 Å². The van der Waals surface area contributed by atoms with Gasteiger partial charge in [0.05, 0.1) is 4.70 Å². The molecule has 0 unspecified atom stereocenters. The minimum absolute atomic E-state index is 0.0157. The summed E-state index contributed by atoms with van der Waals surface area (Å²) in [5, 5.41) is 11.3. The number of rotatable bonds is 1. The fourth-order valence-corrected chi connectivity index (χ4v) is 3.84. The molecule has 0 atom stereocenters. The van der Waals surface area contributed by atoms with E-state index in [1.807, 2.05) is 30.3 Å². The highest BCUT2D eigenvalue weighted by molar-refractivity contribution is 14.1. The van der Waals surface area contributed by atoms with E-state index in [0.29, 0.717) is 10.1 Å². The Labute approximate surface area is 121 Å². The van der Waals surface area contributed by atoms with Gasteiger partial charge in [0.2, 0.25) is 0 Å². The summed E-state index contributed by atoms with van der Waals surface area (Å²) < 4.78 is 2.36. The van der Waals surface area contributed by atoms with Crippen LogP contribution in [0.2, 0.25) is 0 Å². The molecule has 0 radical (unpaired) electrons. The monoisotopic (exact) mass is 368 g/mol. The minimum atomic E-state index is 0.0157. The number of aromatic hydroxyl groups is 1. The number of halogens is 1. The lowest BCUT2D eigenvalue weighted by atomic mass is 10.1. The second-order valence-electron chi connectivity index (χ2n) is 4.01. The topological polar surface area (TPSA) is 37.3 Å². The molecule has 4 heteroatoms. The van der Waals surface area contributed by atoms with Gasteiger partial charge >= 0.3 is 0 Å². The molecule has 0 aliphatic rings. The van der Waals surface area contributed by atoms with Gasteiger partial charge in [-0.25, -0.2) is 0 Å². The summed E-state index contributed by atoms with van der Waals surface area (Å²) in [6.45, 7) is 0. The van der Waals surface area contributed by atoms with Gasteiger partial charge < -0.3 is 5.11 Å². The van der Waals surface area contributed by atoms with Crippen LogP contribution in [-0.2, 0) is 4.43 Å². The lowest BCUT2D eigenvalue weighted by Crippen LogP contribution is -2.03. The van der Waals surface area contributed by atoms with Crippen LogP contribution in [0.3, 0.4) is 0 Å². The maximum Gasteiger partial charge on any atom is 0.196 e. The SMILES string of the molecule is O=c1c2ccccc2sc2c(O)ccc(CI)c12. The van der Waals surface area contributed by atoms with E-state index in [1.165, 1.54) is 11.3 Å². The molecule has 1 N–H and O–H groups in total. The Bertz CT molecular complexity index is 808. The number of hydrogen-bond donors (Lipinski definition) is 1. The zero-order valence-corrected chi connectivity index (χ0v) is 12.3. The summed E-state index contributed by atoms with van der Waals surface area (Å²) in [6.07, 6.45) is 0. The maximum absolute atomic E-state index is 12.5. The highest BCUT2D eigenvalue weighted by Gasteiger charge is 2.12. The van der Waals surface area contributed by atoms with Gasteiger partial charge in [-0.15, -0.1) is 11.3 Å². The third-order valence-corrected chi connectivity index (χ3v) is 4.95. The first-order valence-corrected chi connectivity index (χ1v) is 7.79. The maximum atomic E-state index is 12.5. The molecule has 0 spiro atoms. The standard InChI is InChI=1S/C14H9IO2S/c15-7-8-5-6-10(16)14-12(8)13(17)9-3-1-2-4-11(9)18-14/h1-6,16H,7H2. The Balaban J connectivity index is 2.64. The van der Waals surface area contributed by atoms with Crippen LogP contribution in [0.25, 0.3) is 20.2 Å². The van der Waals surface area contributed by atoms with E-state index < -0.39 is 0 Å². The molecule has 0 amide bonds. The van der Waals surface area contributed by atoms with Gasteiger partial charge in [0, 0.05) is 19.9 Å². The molecule has 0 saturated heterocycles. The number of fused-ring (bicyclic) bond motifs is 2. The molecule has 2 nitrogen and oxygen atoms in total. The Morgan fingerprint density at radius 1 is 1.17 bits per heavy atom. The summed E-state index contributed by atoms with van der Waals surface area (Å²) in [6, 6.07) is 11.0. The number of phenols is 1. The first-order chi connectivity index (χ1) is 8.72. The molecule has 3 aromatic rings. The molecule has 1 heterocycles. The summed E-state index contributed by atoms with van der Waals surface area (Å²) in [5.74, 6) is 0.187. The van der Waals surface area contributed by atoms with Crippen molar-refractivity contribution in [1.29, 1.82) is 0 Å². The van der Waals surface area contributed by atoms with Crippen molar-refractivity contribution in [1.82, 2.24) is 0 Å². The Morgan fingerprint density at radius 2 is 1.94 bits per heavy atom. The van der Waals surface area contributed by atoms with Crippen LogP contribution in [0.15, 0.2) is 41.2 Å². The van der Waals surface area contributed by atoms with E-state index in [9.17, 15) is 9.90 Å². The summed E-state index contributed by atoms with van der Waals surface area (Å²) in [7, 11) is 0. The van der Waals surface area contributed by atoms with E-state index >= 15 is 0 Å². The predicted octanol–water partition coefficient (Wildman–Crippen LogP) is 4.06. The second-order valence-corrected chi connectivity index (χ2v) is 5.82. The number of alkyl halides is 1. The third-order valence-electron chi connectivity index (χ3n) is 2.94. The zero-order chi connectivity index (χ0) is 12.7. The first-order valence-electron chi connectivity index (χ1n) is 5.44. The predicted molar refractivity (Wildman–Crippen MR) is 85.0 cm³/mol. The lowest BCUT2D eigenvalue weighted by molar-refractivity contribution is 0.482. The fourth-order valence-electron chi connectivity index (χ4n) is 2.06. The molecule has 1 aromatic heterocycles. The van der Waals surface area contributed by atoms with Gasteiger partial charge in [0.15, 0.2) is 5.43 Å². The minimum Gasteiger partial charge on any atom is -0.506 e. The first kappa shape index (κ1) is 11.9. The second kappa shape index (κ2) is 4.51. The van der Waals surface area contributed by atoms with Gasteiger partial charge in [0.25, 0.3) is 0 Å². The van der Waals surface area contributed by atoms with Gasteiger partial charge in [-0.2, -0.15) is 0 Å². The number of phenolic OH excluding ortho intramolecular Hbond substituents is 1. The normalized spacial score (nSPS) is 11.2. The van der Waals surface area contributed by atoms with Gasteiger partial charge in [-0.3, -0.25) is 4.79 Å². The van der Waals surface area contributed by atoms with Crippen molar-refractivity contribution in [3.8, 4) is 5.75 Å². The number of benzene rings is 2. The molecule has 0 bridgehead atoms. The van der Waals surface area contributed by atoms with Gasteiger partial charge in [-0.1, -0.05) is 40.8 Å². The van der Waals surface area contributed by atoms with Crippen molar-refractivity contribution in [3.63, 3.8) is 0 Å². The van der Waals surface area contributed by atoms with Crippen molar-refractivity contribution >= 4 is 54.1 Å². The Kier molecular flexibility index (Phi) is 2.99. The third kappa shape index (κ3) is 1.71. The Hall–Kier alpha value is -1.14. The summed E-state index contributed by atoms with van der Waals surface area (Å²) in [4.78, 5) is 12.5. The smallest absolute Gasteiger partial charge is 0.196 e. The van der Waals surface area contributed by atoms with Crippen LogP contribution in [0.1, 0.15) is 5.56 Å². The van der Waals surface area contributed by atoms with Crippen LogP contribution in [-0.4, -0.2) is 5.11 Å². The molecular weight excluding hydrogens is 359 g/mol. The van der Waals surface area contributed by atoms with Crippen molar-refractivity contribution < 1.29 is 5.11 Å². The van der Waals surface area contributed by atoms with Crippen LogP contribution in [0.5, 0.6) is 5.75 Å². The summed E-state index contributed by atoms with van der Waals surface area (Å²) in [5.41, 5.74) is 0.998.